The molecule has 2 atom stereocenters. The van der Waals surface area contributed by atoms with E-state index in [1.807, 2.05) is 20.8 Å². The van der Waals surface area contributed by atoms with Crippen molar-refractivity contribution in [2.24, 2.45) is 5.41 Å². The molecule has 2 N–H and O–H groups in total. The molecule has 4 aromatic heterocycles. The topological polar surface area (TPSA) is 136 Å². The molecule has 11 nitrogen and oxygen atoms in total. The predicted molar refractivity (Wildman–Crippen MR) is 189 cm³/mol. The van der Waals surface area contributed by atoms with E-state index in [0.717, 1.165) is 18.4 Å². The van der Waals surface area contributed by atoms with Crippen LogP contribution in [0.25, 0.3) is 16.8 Å². The van der Waals surface area contributed by atoms with Gasteiger partial charge in [-0.3, -0.25) is 18.6 Å². The van der Waals surface area contributed by atoms with Gasteiger partial charge in [0.2, 0.25) is 21.9 Å². The second-order valence-corrected chi connectivity index (χ2v) is 15.7. The number of sulfonamides is 1. The average Bonchev–Trinajstić information content (AvgIpc) is 3.74. The number of carbonyl (C=O) groups excluding carboxylic acids is 1. The Morgan fingerprint density at radius 2 is 1.78 bits per heavy atom. The van der Waals surface area contributed by atoms with Gasteiger partial charge in [0.05, 0.1) is 23.9 Å². The molecule has 286 valence electrons. The predicted octanol–water partition coefficient (Wildman–Crippen LogP) is 6.29. The number of hydrogen-bond donors (Lipinski definition) is 2. The first kappa shape index (κ1) is 38.8. The normalized spacial score (nSPS) is 15.6. The average molecular weight is 783 g/mol. The van der Waals surface area contributed by atoms with Crippen molar-refractivity contribution in [3.05, 3.63) is 94.2 Å². The first-order valence-electron chi connectivity index (χ1n) is 16.6. The Hall–Kier alpha value is -5.88. The van der Waals surface area contributed by atoms with E-state index in [1.54, 1.807) is 24.3 Å². The van der Waals surface area contributed by atoms with Gasteiger partial charge in [0, 0.05) is 40.8 Å². The number of benzene rings is 1. The fourth-order valence-corrected chi connectivity index (χ4v) is 6.78. The Morgan fingerprint density at radius 3 is 2.42 bits per heavy atom. The minimum absolute atomic E-state index is 0.0606. The summed E-state index contributed by atoms with van der Waals surface area (Å²) in [6.45, 7) is 4.64. The number of aromatic nitrogens is 6. The van der Waals surface area contributed by atoms with Crippen molar-refractivity contribution in [3.63, 3.8) is 0 Å². The van der Waals surface area contributed by atoms with Gasteiger partial charge in [-0.2, -0.15) is 13.9 Å². The lowest BCUT2D eigenvalue weighted by molar-refractivity contribution is -0.122. The maximum Gasteiger partial charge on any atom is 0.291 e. The van der Waals surface area contributed by atoms with Crippen LogP contribution in [0.3, 0.4) is 0 Å². The van der Waals surface area contributed by atoms with Crippen LogP contribution in [0.15, 0.2) is 48.7 Å². The summed E-state index contributed by atoms with van der Waals surface area (Å²) in [5.74, 6) is 0.121. The monoisotopic (exact) mass is 782 g/mol. The van der Waals surface area contributed by atoms with E-state index in [-0.39, 0.29) is 40.5 Å². The summed E-state index contributed by atoms with van der Waals surface area (Å²) in [4.78, 5) is 18.6. The smallest absolute Gasteiger partial charge is 0.291 e. The third kappa shape index (κ3) is 8.44. The minimum atomic E-state index is -3.78. The maximum absolute atomic E-state index is 15.2. The Labute approximate surface area is 311 Å². The highest BCUT2D eigenvalue weighted by Crippen LogP contribution is 2.51. The zero-order valence-corrected chi connectivity index (χ0v) is 30.5. The number of amides is 1. The standard InChI is InChI=1S/C37H32F6N8O3S/c1-6-21-18-37(42,43)32-29(21)31(33(40)41)48-51(32)19-28(52)45-27(16-20-14-22(38)17-23(39)15-20)30-25(10-9-24(44-30)11-12-36(2,3)4)26-8-7-13-50-34(26)46-47-35(50)49-55(5,53)54/h1,7-10,13-15,17,21,27,33H,16,18-19H2,2-5H3,(H,45,52)(H,47,49)/t21-,27-/m0/s1. The highest BCUT2D eigenvalue weighted by molar-refractivity contribution is 7.92. The summed E-state index contributed by atoms with van der Waals surface area (Å²) >= 11 is 0. The summed E-state index contributed by atoms with van der Waals surface area (Å²) in [7, 11) is -3.78. The van der Waals surface area contributed by atoms with E-state index in [0.29, 0.717) is 16.3 Å². The molecule has 4 heterocycles. The number of nitrogens with one attached hydrogen (secondary N) is 2. The molecule has 55 heavy (non-hydrogen) atoms. The lowest BCUT2D eigenvalue weighted by Crippen LogP contribution is -2.35. The highest BCUT2D eigenvalue weighted by Gasteiger charge is 2.51. The molecular weight excluding hydrogens is 751 g/mol. The first-order valence-corrected chi connectivity index (χ1v) is 18.5. The highest BCUT2D eigenvalue weighted by atomic mass is 32.2. The maximum atomic E-state index is 15.2. The second-order valence-electron chi connectivity index (χ2n) is 14.0. The van der Waals surface area contributed by atoms with Crippen molar-refractivity contribution in [3.8, 4) is 35.3 Å². The molecule has 1 aromatic carbocycles. The number of carbonyl (C=O) groups is 1. The first-order chi connectivity index (χ1) is 25.7. The van der Waals surface area contributed by atoms with Gasteiger partial charge in [0.1, 0.15) is 35.3 Å². The van der Waals surface area contributed by atoms with E-state index in [2.05, 4.69) is 43.1 Å². The lowest BCUT2D eigenvalue weighted by atomic mass is 9.94. The third-order valence-corrected chi connectivity index (χ3v) is 8.95. The number of anilines is 1. The molecule has 0 saturated carbocycles. The van der Waals surface area contributed by atoms with E-state index in [1.165, 1.54) is 10.6 Å². The van der Waals surface area contributed by atoms with Crippen LogP contribution < -0.4 is 10.0 Å². The SMILES string of the molecule is C#C[C@H]1CC(F)(F)c2c1c(C(F)F)nn2CC(=O)N[C@@H](Cc1cc(F)cc(F)c1)c1nc(C#CC(C)(C)C)ccc1-c1cccn2c(NS(C)(=O)=O)nnc12. The van der Waals surface area contributed by atoms with Crippen LogP contribution in [0.5, 0.6) is 0 Å². The number of halogens is 6. The summed E-state index contributed by atoms with van der Waals surface area (Å²) in [5, 5.41) is 14.5. The molecule has 1 amide bonds. The van der Waals surface area contributed by atoms with Crippen molar-refractivity contribution in [2.45, 2.75) is 64.5 Å². The fraction of sp³-hybridized carbons (Fsp3) is 0.324. The molecular formula is C37H32F6N8O3S. The summed E-state index contributed by atoms with van der Waals surface area (Å²) < 4.78 is 116. The van der Waals surface area contributed by atoms with Crippen LogP contribution in [0.2, 0.25) is 0 Å². The molecule has 0 unspecified atom stereocenters. The largest absolute Gasteiger partial charge is 0.346 e. The molecule has 5 aromatic rings. The quantitative estimate of drug-likeness (QED) is 0.126. The van der Waals surface area contributed by atoms with Crippen LogP contribution in [0.1, 0.15) is 79.5 Å². The van der Waals surface area contributed by atoms with Crippen molar-refractivity contribution in [1.29, 1.82) is 0 Å². The second kappa shape index (κ2) is 14.4. The fourth-order valence-electron chi connectivity index (χ4n) is 6.30. The van der Waals surface area contributed by atoms with Crippen molar-refractivity contribution in [1.82, 2.24) is 34.7 Å². The molecule has 1 aliphatic rings. The Bertz CT molecular complexity index is 2520. The van der Waals surface area contributed by atoms with E-state index in [4.69, 9.17) is 11.4 Å². The number of fused-ring (bicyclic) bond motifs is 2. The van der Waals surface area contributed by atoms with E-state index < -0.39 is 87.2 Å². The van der Waals surface area contributed by atoms with Gasteiger partial charge in [0.15, 0.2) is 5.65 Å². The summed E-state index contributed by atoms with van der Waals surface area (Å²) in [6, 6.07) is 7.79. The zero-order valence-electron chi connectivity index (χ0n) is 29.6. The molecule has 0 saturated heterocycles. The third-order valence-electron chi connectivity index (χ3n) is 8.39. The Morgan fingerprint density at radius 1 is 1.07 bits per heavy atom. The number of rotatable bonds is 10. The van der Waals surface area contributed by atoms with Gasteiger partial charge < -0.3 is 5.32 Å². The van der Waals surface area contributed by atoms with Gasteiger partial charge in [-0.1, -0.05) is 11.8 Å². The number of pyridine rings is 2. The molecule has 6 rings (SSSR count). The van der Waals surface area contributed by atoms with Crippen LogP contribution in [-0.4, -0.2) is 49.9 Å². The number of alkyl halides is 4. The zero-order chi connectivity index (χ0) is 40.0. The Kier molecular flexibility index (Phi) is 10.2. The summed E-state index contributed by atoms with van der Waals surface area (Å²) in [6.07, 6.45) is 3.29. The van der Waals surface area contributed by atoms with E-state index >= 15 is 8.78 Å². The number of terminal acetylenes is 1. The van der Waals surface area contributed by atoms with Gasteiger partial charge in [0.25, 0.3) is 12.3 Å². The summed E-state index contributed by atoms with van der Waals surface area (Å²) in [5.41, 5.74) is -1.74. The molecule has 18 heteroatoms. The molecule has 0 bridgehead atoms. The number of hydrogen-bond acceptors (Lipinski definition) is 7. The molecule has 0 fully saturated rings. The van der Waals surface area contributed by atoms with Crippen molar-refractivity contribution >= 4 is 27.5 Å². The van der Waals surface area contributed by atoms with Gasteiger partial charge in [-0.25, -0.2) is 31.0 Å². The van der Waals surface area contributed by atoms with E-state index in [9.17, 15) is 30.8 Å². The minimum Gasteiger partial charge on any atom is -0.346 e. The number of nitrogens with zero attached hydrogens (tertiary/aromatic N) is 6. The molecule has 0 radical (unpaired) electrons. The van der Waals surface area contributed by atoms with Crippen LogP contribution in [0, 0.1) is 41.2 Å². The van der Waals surface area contributed by atoms with Crippen LogP contribution in [-0.2, 0) is 33.7 Å². The molecule has 0 aliphatic heterocycles. The van der Waals surface area contributed by atoms with Gasteiger partial charge in [-0.15, -0.1) is 16.6 Å². The van der Waals surface area contributed by atoms with Crippen molar-refractivity contribution in [2.75, 3.05) is 11.0 Å². The van der Waals surface area contributed by atoms with Gasteiger partial charge >= 0.3 is 0 Å². The van der Waals surface area contributed by atoms with Crippen molar-refractivity contribution < 1.29 is 39.6 Å². The van der Waals surface area contributed by atoms with Gasteiger partial charge in [-0.05, 0) is 75.1 Å². The molecule has 1 aliphatic carbocycles. The van der Waals surface area contributed by atoms with Crippen LogP contribution in [0.4, 0.5) is 32.3 Å². The van der Waals surface area contributed by atoms with Crippen LogP contribution >= 0.6 is 0 Å². The Balaban J connectivity index is 1.50. The molecule has 0 spiro atoms. The lowest BCUT2D eigenvalue weighted by Gasteiger charge is -2.23.